The molecule has 4 heteroatoms. The fourth-order valence-electron chi connectivity index (χ4n) is 2.89. The van der Waals surface area contributed by atoms with E-state index in [1.54, 1.807) is 12.1 Å². The van der Waals surface area contributed by atoms with Crippen molar-refractivity contribution in [2.75, 3.05) is 27.2 Å². The molecule has 2 aromatic carbocycles. The summed E-state index contributed by atoms with van der Waals surface area (Å²) in [7, 11) is 4.28. The Morgan fingerprint density at radius 1 is 1.08 bits per heavy atom. The summed E-state index contributed by atoms with van der Waals surface area (Å²) in [5, 5.41) is 10.4. The molecule has 0 bridgehead atoms. The van der Waals surface area contributed by atoms with Crippen LogP contribution in [0.2, 0.25) is 0 Å². The molecule has 0 spiro atoms. The average molecular weight is 327 g/mol. The molecule has 2 aromatic rings. The van der Waals surface area contributed by atoms with Gasteiger partial charge in [0.05, 0.1) is 20.6 Å². The van der Waals surface area contributed by atoms with Crippen molar-refractivity contribution in [1.29, 1.82) is 0 Å². The minimum atomic E-state index is -0.448. The third-order valence-electron chi connectivity index (χ3n) is 4.32. The van der Waals surface area contributed by atoms with Gasteiger partial charge < -0.3 is 15.3 Å². The number of hydrogen-bond donors (Lipinski definition) is 2. The maximum Gasteiger partial charge on any atom is 0.248 e. The van der Waals surface area contributed by atoms with Gasteiger partial charge in [0.2, 0.25) is 5.91 Å². The van der Waals surface area contributed by atoms with Gasteiger partial charge in [-0.05, 0) is 29.7 Å². The molecule has 3 N–H and O–H groups in total. The van der Waals surface area contributed by atoms with E-state index in [1.165, 1.54) is 5.56 Å². The van der Waals surface area contributed by atoms with Gasteiger partial charge in [0.1, 0.15) is 12.6 Å². The van der Waals surface area contributed by atoms with Gasteiger partial charge in [0, 0.05) is 12.0 Å². The molecule has 2 rings (SSSR count). The van der Waals surface area contributed by atoms with Crippen LogP contribution in [-0.2, 0) is 6.42 Å². The monoisotopic (exact) mass is 327 g/mol. The number of primary amides is 1. The number of nitrogens with two attached hydrogens (primary N) is 1. The average Bonchev–Trinajstić information content (AvgIpc) is 2.55. The predicted molar refractivity (Wildman–Crippen MR) is 96.5 cm³/mol. The summed E-state index contributed by atoms with van der Waals surface area (Å²) in [5.41, 5.74) is 7.95. The van der Waals surface area contributed by atoms with Crippen LogP contribution in [0.15, 0.2) is 54.6 Å². The fourth-order valence-corrected chi connectivity index (χ4v) is 2.89. The fraction of sp³-hybridized carbons (Fsp3) is 0.350. The molecule has 0 heterocycles. The Morgan fingerprint density at radius 2 is 1.71 bits per heavy atom. The van der Waals surface area contributed by atoms with Gasteiger partial charge in [-0.2, -0.15) is 0 Å². The highest BCUT2D eigenvalue weighted by Gasteiger charge is 2.21. The molecule has 24 heavy (non-hydrogen) atoms. The standard InChI is InChI=1S/C20H26N2O2/c1-22(2,15-19(23)17-8-4-3-5-9-17)14-6-7-16-10-12-18(13-11-16)20(21)24/h3-5,8-13,19,23H,6-7,14-15H2,1-2H3,(H-,21,24)/p+1/t19-/m0/s1. The highest BCUT2D eigenvalue weighted by molar-refractivity contribution is 5.92. The third-order valence-corrected chi connectivity index (χ3v) is 4.32. The summed E-state index contributed by atoms with van der Waals surface area (Å²) < 4.78 is 0.759. The van der Waals surface area contributed by atoms with Crippen molar-refractivity contribution in [3.05, 3.63) is 71.3 Å². The van der Waals surface area contributed by atoms with Crippen LogP contribution in [0.1, 0.15) is 34.0 Å². The molecule has 0 aliphatic carbocycles. The summed E-state index contributed by atoms with van der Waals surface area (Å²) in [6.45, 7) is 1.66. The molecule has 4 nitrogen and oxygen atoms in total. The number of rotatable bonds is 8. The molecule has 0 aliphatic heterocycles. The highest BCUT2D eigenvalue weighted by Crippen LogP contribution is 2.17. The molecule has 0 saturated heterocycles. The zero-order chi connectivity index (χ0) is 17.6. The molecular formula is C20H27N2O2+. The number of carbonyl (C=O) groups is 1. The van der Waals surface area contributed by atoms with E-state index in [1.807, 2.05) is 42.5 Å². The van der Waals surface area contributed by atoms with Gasteiger partial charge in [-0.1, -0.05) is 42.5 Å². The molecule has 0 aliphatic rings. The lowest BCUT2D eigenvalue weighted by Crippen LogP contribution is -2.43. The number of benzene rings is 2. The molecule has 0 fully saturated rings. The first-order valence-electron chi connectivity index (χ1n) is 8.31. The van der Waals surface area contributed by atoms with Crippen molar-refractivity contribution in [3.8, 4) is 0 Å². The van der Waals surface area contributed by atoms with Crippen molar-refractivity contribution in [3.63, 3.8) is 0 Å². The Hall–Kier alpha value is -2.17. The van der Waals surface area contributed by atoms with Gasteiger partial charge in [0.25, 0.3) is 0 Å². The number of aryl methyl sites for hydroxylation is 1. The second kappa shape index (κ2) is 8.08. The predicted octanol–water partition coefficient (Wildman–Crippen LogP) is 2.53. The van der Waals surface area contributed by atoms with E-state index in [0.29, 0.717) is 12.1 Å². The normalized spacial score (nSPS) is 12.8. The molecule has 0 unspecified atom stereocenters. The van der Waals surface area contributed by atoms with Gasteiger partial charge in [-0.15, -0.1) is 0 Å². The minimum Gasteiger partial charge on any atom is -0.382 e. The van der Waals surface area contributed by atoms with Gasteiger partial charge in [0.15, 0.2) is 0 Å². The largest absolute Gasteiger partial charge is 0.382 e. The smallest absolute Gasteiger partial charge is 0.248 e. The van der Waals surface area contributed by atoms with E-state index in [9.17, 15) is 9.90 Å². The van der Waals surface area contributed by atoms with E-state index in [-0.39, 0.29) is 0 Å². The molecule has 0 radical (unpaired) electrons. The second-order valence-corrected chi connectivity index (χ2v) is 6.93. The third kappa shape index (κ3) is 5.48. The topological polar surface area (TPSA) is 63.3 Å². The Labute approximate surface area is 144 Å². The van der Waals surface area contributed by atoms with Gasteiger partial charge in [-0.3, -0.25) is 4.79 Å². The molecule has 1 atom stereocenters. The Kier molecular flexibility index (Phi) is 6.12. The molecule has 0 saturated carbocycles. The Morgan fingerprint density at radius 3 is 2.29 bits per heavy atom. The van der Waals surface area contributed by atoms with E-state index < -0.39 is 12.0 Å². The second-order valence-electron chi connectivity index (χ2n) is 6.93. The van der Waals surface area contributed by atoms with Crippen LogP contribution in [0.3, 0.4) is 0 Å². The van der Waals surface area contributed by atoms with Gasteiger partial charge >= 0.3 is 0 Å². The number of carbonyl (C=O) groups excluding carboxylic acids is 1. The molecule has 1 amide bonds. The number of amides is 1. The van der Waals surface area contributed by atoms with E-state index >= 15 is 0 Å². The summed E-state index contributed by atoms with van der Waals surface area (Å²) >= 11 is 0. The first kappa shape index (κ1) is 18.2. The zero-order valence-electron chi connectivity index (χ0n) is 14.5. The summed E-state index contributed by atoms with van der Waals surface area (Å²) in [6, 6.07) is 17.3. The van der Waals surface area contributed by atoms with Crippen LogP contribution in [0.25, 0.3) is 0 Å². The van der Waals surface area contributed by atoms with Gasteiger partial charge in [-0.25, -0.2) is 0 Å². The van der Waals surface area contributed by atoms with E-state index in [0.717, 1.165) is 29.4 Å². The maximum atomic E-state index is 11.1. The van der Waals surface area contributed by atoms with Crippen LogP contribution in [0.4, 0.5) is 0 Å². The SMILES string of the molecule is C[N+](C)(CCCc1ccc(C(N)=O)cc1)C[C@H](O)c1ccccc1. The van der Waals surface area contributed by atoms with Crippen molar-refractivity contribution >= 4 is 5.91 Å². The lowest BCUT2D eigenvalue weighted by molar-refractivity contribution is -0.894. The molecule has 0 aromatic heterocycles. The number of aliphatic hydroxyl groups excluding tert-OH is 1. The van der Waals surface area contributed by atoms with E-state index in [2.05, 4.69) is 14.1 Å². The quantitative estimate of drug-likeness (QED) is 0.732. The maximum absolute atomic E-state index is 11.1. The van der Waals surface area contributed by atoms with Crippen LogP contribution in [0, 0.1) is 0 Å². The number of nitrogens with zero attached hydrogens (tertiary/aromatic N) is 1. The van der Waals surface area contributed by atoms with Crippen molar-refractivity contribution < 1.29 is 14.4 Å². The minimum absolute atomic E-state index is 0.394. The lowest BCUT2D eigenvalue weighted by atomic mass is 10.1. The number of quaternary nitrogens is 1. The lowest BCUT2D eigenvalue weighted by Gasteiger charge is -2.32. The number of aliphatic hydroxyl groups is 1. The van der Waals surface area contributed by atoms with Crippen LogP contribution < -0.4 is 5.73 Å². The summed E-state index contributed by atoms with van der Waals surface area (Å²) in [5.74, 6) is -0.394. The highest BCUT2D eigenvalue weighted by atomic mass is 16.3. The van der Waals surface area contributed by atoms with Crippen LogP contribution in [0.5, 0.6) is 0 Å². The van der Waals surface area contributed by atoms with Crippen molar-refractivity contribution in [2.45, 2.75) is 18.9 Å². The van der Waals surface area contributed by atoms with Crippen molar-refractivity contribution in [2.24, 2.45) is 5.73 Å². The molecular weight excluding hydrogens is 300 g/mol. The van der Waals surface area contributed by atoms with Crippen molar-refractivity contribution in [1.82, 2.24) is 0 Å². The number of hydrogen-bond acceptors (Lipinski definition) is 2. The Balaban J connectivity index is 1.82. The number of likely N-dealkylation sites (N-methyl/N-ethyl adjacent to an activating group) is 1. The summed E-state index contributed by atoms with van der Waals surface area (Å²) in [6.07, 6.45) is 1.52. The van der Waals surface area contributed by atoms with E-state index in [4.69, 9.17) is 5.73 Å². The summed E-state index contributed by atoms with van der Waals surface area (Å²) in [4.78, 5) is 11.1. The van der Waals surface area contributed by atoms with Crippen LogP contribution in [-0.4, -0.2) is 42.7 Å². The first-order valence-corrected chi connectivity index (χ1v) is 8.31. The Bertz CT molecular complexity index is 651. The molecule has 128 valence electrons. The first-order chi connectivity index (χ1) is 11.4. The van der Waals surface area contributed by atoms with Crippen LogP contribution >= 0.6 is 0 Å². The zero-order valence-corrected chi connectivity index (χ0v) is 14.5.